The fourth-order valence-corrected chi connectivity index (χ4v) is 2.16. The molecular formula is C8H19NOS. The number of hydrogen-bond donors (Lipinski definition) is 1. The normalized spacial score (nSPS) is 18.4. The van der Waals surface area contributed by atoms with E-state index in [1.807, 2.05) is 34.6 Å². The first-order chi connectivity index (χ1) is 4.67. The molecule has 0 saturated carbocycles. The Bertz CT molecular complexity index is 209. The fourth-order valence-electron chi connectivity index (χ4n) is 0.719. The molecule has 2 nitrogen and oxygen atoms in total. The lowest BCUT2D eigenvalue weighted by molar-refractivity contribution is 0.619. The summed E-state index contributed by atoms with van der Waals surface area (Å²) < 4.78 is 18.9. The van der Waals surface area contributed by atoms with Gasteiger partial charge in [0.2, 0.25) is 0 Å². The Labute approximate surface area is 70.4 Å². The molecule has 0 rings (SSSR count). The van der Waals surface area contributed by atoms with Gasteiger partial charge in [0.05, 0.1) is 0 Å². The van der Waals surface area contributed by atoms with Crippen molar-refractivity contribution in [3.8, 4) is 0 Å². The van der Waals surface area contributed by atoms with Crippen LogP contribution < -0.4 is 0 Å². The van der Waals surface area contributed by atoms with Crippen LogP contribution in [0.3, 0.4) is 0 Å². The van der Waals surface area contributed by atoms with Crippen LogP contribution in [-0.2, 0) is 9.73 Å². The van der Waals surface area contributed by atoms with Crippen molar-refractivity contribution in [2.45, 2.75) is 39.4 Å². The first kappa shape index (κ1) is 11.0. The van der Waals surface area contributed by atoms with Crippen LogP contribution in [0.4, 0.5) is 0 Å². The molecule has 0 aromatic carbocycles. The van der Waals surface area contributed by atoms with Gasteiger partial charge >= 0.3 is 0 Å². The highest BCUT2D eigenvalue weighted by atomic mass is 32.2. The van der Waals surface area contributed by atoms with Crippen molar-refractivity contribution < 1.29 is 4.21 Å². The highest BCUT2D eigenvalue weighted by Gasteiger charge is 2.25. The third-order valence-corrected chi connectivity index (χ3v) is 4.67. The first-order valence-corrected chi connectivity index (χ1v) is 5.65. The molecule has 0 heterocycles. The lowest BCUT2D eigenvalue weighted by Crippen LogP contribution is -2.30. The summed E-state index contributed by atoms with van der Waals surface area (Å²) in [6, 6.07) is 0. The van der Waals surface area contributed by atoms with Crippen molar-refractivity contribution >= 4 is 9.73 Å². The summed E-state index contributed by atoms with van der Waals surface area (Å²) in [4.78, 5) is 0. The molecule has 3 heteroatoms. The standard InChI is InChI=1S/C8H19NOS/c1-7(2)6-11(9,10)8(3,4)5/h7,9H,6H2,1-5H3/t11-/m1/s1. The van der Waals surface area contributed by atoms with Gasteiger partial charge < -0.3 is 0 Å². The molecule has 1 N–H and O–H groups in total. The van der Waals surface area contributed by atoms with Crippen molar-refractivity contribution in [2.75, 3.05) is 5.75 Å². The second-order valence-corrected chi connectivity index (χ2v) is 7.26. The summed E-state index contributed by atoms with van der Waals surface area (Å²) in [6.45, 7) is 9.60. The summed E-state index contributed by atoms with van der Waals surface area (Å²) in [5.74, 6) is 0.857. The van der Waals surface area contributed by atoms with Crippen molar-refractivity contribution in [3.05, 3.63) is 0 Å². The van der Waals surface area contributed by atoms with E-state index in [1.165, 1.54) is 0 Å². The largest absolute Gasteiger partial charge is 0.252 e. The topological polar surface area (TPSA) is 40.9 Å². The predicted octanol–water partition coefficient (Wildman–Crippen LogP) is 2.49. The third-order valence-electron chi connectivity index (χ3n) is 1.56. The lowest BCUT2D eigenvalue weighted by atomic mass is 10.2. The predicted molar refractivity (Wildman–Crippen MR) is 50.3 cm³/mol. The average molecular weight is 177 g/mol. The molecule has 0 spiro atoms. The second kappa shape index (κ2) is 3.13. The van der Waals surface area contributed by atoms with Crippen LogP contribution in [0.5, 0.6) is 0 Å². The van der Waals surface area contributed by atoms with Gasteiger partial charge in [-0.3, -0.25) is 4.78 Å². The highest BCUT2D eigenvalue weighted by Crippen LogP contribution is 2.19. The molecule has 0 aromatic heterocycles. The van der Waals surface area contributed by atoms with Gasteiger partial charge in [-0.2, -0.15) is 0 Å². The zero-order chi connectivity index (χ0) is 9.28. The van der Waals surface area contributed by atoms with E-state index in [1.54, 1.807) is 0 Å². The van der Waals surface area contributed by atoms with Crippen molar-refractivity contribution in [2.24, 2.45) is 5.92 Å². The summed E-state index contributed by atoms with van der Waals surface area (Å²) in [7, 11) is -2.40. The molecule has 0 fully saturated rings. The molecule has 0 radical (unpaired) electrons. The minimum Gasteiger partial charge on any atom is -0.252 e. The second-order valence-electron chi connectivity index (χ2n) is 4.35. The van der Waals surface area contributed by atoms with E-state index < -0.39 is 9.73 Å². The molecule has 0 bridgehead atoms. The minimum atomic E-state index is -2.40. The molecule has 11 heavy (non-hydrogen) atoms. The zero-order valence-electron chi connectivity index (χ0n) is 8.10. The minimum absolute atomic E-state index is 0.347. The van der Waals surface area contributed by atoms with E-state index in [0.717, 1.165) is 0 Å². The SMILES string of the molecule is CC(C)C[S@@](=N)(=O)C(C)(C)C. The van der Waals surface area contributed by atoms with Gasteiger partial charge in [-0.25, -0.2) is 4.21 Å². The Hall–Kier alpha value is -0.0500. The number of nitrogens with one attached hydrogen (secondary N) is 1. The summed E-state index contributed by atoms with van der Waals surface area (Å²) >= 11 is 0. The first-order valence-electron chi connectivity index (χ1n) is 3.93. The highest BCUT2D eigenvalue weighted by molar-refractivity contribution is 7.93. The van der Waals surface area contributed by atoms with E-state index in [0.29, 0.717) is 11.7 Å². The Balaban J connectivity index is 4.51. The van der Waals surface area contributed by atoms with Gasteiger partial charge in [-0.15, -0.1) is 0 Å². The van der Waals surface area contributed by atoms with Gasteiger partial charge in [0.1, 0.15) is 0 Å². The maximum absolute atomic E-state index is 11.7. The Morgan fingerprint density at radius 3 is 1.82 bits per heavy atom. The third kappa shape index (κ3) is 3.23. The molecule has 0 aliphatic carbocycles. The molecule has 0 aromatic rings. The van der Waals surface area contributed by atoms with Crippen LogP contribution in [0.1, 0.15) is 34.6 Å². The summed E-state index contributed by atoms with van der Waals surface area (Å²) in [6.07, 6.45) is 0. The Kier molecular flexibility index (Phi) is 3.12. The van der Waals surface area contributed by atoms with E-state index in [9.17, 15) is 4.21 Å². The molecule has 0 aliphatic rings. The molecule has 1 atom stereocenters. The average Bonchev–Trinajstić information content (AvgIpc) is 1.56. The molecule has 0 saturated heterocycles. The molecule has 0 unspecified atom stereocenters. The van der Waals surface area contributed by atoms with Crippen LogP contribution >= 0.6 is 0 Å². The van der Waals surface area contributed by atoms with E-state index in [2.05, 4.69) is 0 Å². The fraction of sp³-hybridized carbons (Fsp3) is 1.00. The van der Waals surface area contributed by atoms with Crippen LogP contribution in [0.25, 0.3) is 0 Å². The van der Waals surface area contributed by atoms with Crippen LogP contribution in [-0.4, -0.2) is 14.7 Å². The van der Waals surface area contributed by atoms with Crippen LogP contribution in [0, 0.1) is 10.7 Å². The summed E-state index contributed by atoms with van der Waals surface area (Å²) in [5, 5.41) is 0. The van der Waals surface area contributed by atoms with Crippen molar-refractivity contribution in [1.29, 1.82) is 4.78 Å². The van der Waals surface area contributed by atoms with Crippen LogP contribution in [0.2, 0.25) is 0 Å². The lowest BCUT2D eigenvalue weighted by Gasteiger charge is -2.23. The van der Waals surface area contributed by atoms with E-state index in [-0.39, 0.29) is 4.75 Å². The monoisotopic (exact) mass is 177 g/mol. The van der Waals surface area contributed by atoms with Crippen molar-refractivity contribution in [1.82, 2.24) is 0 Å². The van der Waals surface area contributed by atoms with Gasteiger partial charge in [0.25, 0.3) is 0 Å². The Morgan fingerprint density at radius 1 is 1.36 bits per heavy atom. The van der Waals surface area contributed by atoms with E-state index in [4.69, 9.17) is 4.78 Å². The molecule has 68 valence electrons. The van der Waals surface area contributed by atoms with Gasteiger partial charge in [0, 0.05) is 20.2 Å². The van der Waals surface area contributed by atoms with Gasteiger partial charge in [0.15, 0.2) is 0 Å². The quantitative estimate of drug-likeness (QED) is 0.691. The van der Waals surface area contributed by atoms with Gasteiger partial charge in [-0.1, -0.05) is 13.8 Å². The zero-order valence-corrected chi connectivity index (χ0v) is 8.92. The molecule has 0 amide bonds. The smallest absolute Gasteiger partial charge is 0.0493 e. The van der Waals surface area contributed by atoms with E-state index >= 15 is 0 Å². The number of rotatable bonds is 2. The maximum Gasteiger partial charge on any atom is 0.0493 e. The Morgan fingerprint density at radius 2 is 1.73 bits per heavy atom. The maximum atomic E-state index is 11.7. The van der Waals surface area contributed by atoms with Crippen LogP contribution in [0.15, 0.2) is 0 Å². The summed E-state index contributed by atoms with van der Waals surface area (Å²) in [5.41, 5.74) is 0. The number of hydrogen-bond acceptors (Lipinski definition) is 2. The molecular weight excluding hydrogens is 158 g/mol. The molecule has 0 aliphatic heterocycles. The van der Waals surface area contributed by atoms with Crippen molar-refractivity contribution in [3.63, 3.8) is 0 Å². The van der Waals surface area contributed by atoms with Gasteiger partial charge in [-0.05, 0) is 26.7 Å².